The van der Waals surface area contributed by atoms with Gasteiger partial charge in [-0.3, -0.25) is 0 Å². The molecule has 0 amide bonds. The van der Waals surface area contributed by atoms with Gasteiger partial charge in [0.15, 0.2) is 0 Å². The van der Waals surface area contributed by atoms with Gasteiger partial charge in [-0.05, 0) is 36.5 Å². The first kappa shape index (κ1) is 8.28. The second-order valence-electron chi connectivity index (χ2n) is 5.47. The molecule has 0 N–H and O–H groups in total. The second-order valence-corrected chi connectivity index (χ2v) is 5.47. The van der Waals surface area contributed by atoms with E-state index in [1.165, 1.54) is 19.1 Å². The van der Waals surface area contributed by atoms with Crippen molar-refractivity contribution in [3.8, 4) is 0 Å². The van der Waals surface area contributed by atoms with Crippen molar-refractivity contribution < 1.29 is 4.79 Å². The van der Waals surface area contributed by atoms with Gasteiger partial charge in [0, 0.05) is 5.41 Å². The molecule has 0 aromatic carbocycles. The first-order valence-electron chi connectivity index (χ1n) is 4.97. The van der Waals surface area contributed by atoms with Crippen molar-refractivity contribution in [3.63, 3.8) is 0 Å². The monoisotopic (exact) mass is 166 g/mol. The van der Waals surface area contributed by atoms with E-state index in [1.807, 2.05) is 0 Å². The zero-order chi connectivity index (χ0) is 8.98. The van der Waals surface area contributed by atoms with Crippen molar-refractivity contribution in [2.75, 3.05) is 0 Å². The first-order chi connectivity index (χ1) is 5.50. The van der Waals surface area contributed by atoms with Gasteiger partial charge in [-0.1, -0.05) is 20.8 Å². The second kappa shape index (κ2) is 2.12. The standard InChI is InChI=1S/C11H18O/c1-10(2)8-4-5-11(3,7-12)9(10)6-8/h7-9H,4-6H2,1-3H3. The van der Waals surface area contributed by atoms with Gasteiger partial charge >= 0.3 is 0 Å². The molecule has 3 saturated carbocycles. The largest absolute Gasteiger partial charge is 0.303 e. The van der Waals surface area contributed by atoms with E-state index >= 15 is 0 Å². The Labute approximate surface area is 74.5 Å². The summed E-state index contributed by atoms with van der Waals surface area (Å²) in [6, 6.07) is 0. The van der Waals surface area contributed by atoms with E-state index in [1.54, 1.807) is 0 Å². The van der Waals surface area contributed by atoms with Crippen LogP contribution in [0.25, 0.3) is 0 Å². The number of aldehydes is 1. The normalized spacial score (nSPS) is 49.6. The highest BCUT2D eigenvalue weighted by Crippen LogP contribution is 2.65. The molecule has 3 unspecified atom stereocenters. The van der Waals surface area contributed by atoms with Crippen LogP contribution in [0.5, 0.6) is 0 Å². The molecule has 3 aliphatic carbocycles. The molecule has 12 heavy (non-hydrogen) atoms. The van der Waals surface area contributed by atoms with E-state index in [2.05, 4.69) is 20.8 Å². The van der Waals surface area contributed by atoms with Crippen molar-refractivity contribution in [1.29, 1.82) is 0 Å². The van der Waals surface area contributed by atoms with Gasteiger partial charge in [0.2, 0.25) is 0 Å². The molecule has 3 rings (SSSR count). The Kier molecular flexibility index (Phi) is 1.47. The van der Waals surface area contributed by atoms with Gasteiger partial charge < -0.3 is 4.79 Å². The highest BCUT2D eigenvalue weighted by Gasteiger charge is 2.59. The molecule has 2 bridgehead atoms. The molecule has 0 aromatic heterocycles. The average Bonchev–Trinajstić information content (AvgIpc) is 2.04. The Morgan fingerprint density at radius 3 is 2.33 bits per heavy atom. The molecular formula is C11H18O. The van der Waals surface area contributed by atoms with Gasteiger partial charge in [-0.25, -0.2) is 0 Å². The summed E-state index contributed by atoms with van der Waals surface area (Å²) in [5.41, 5.74) is 0.437. The Hall–Kier alpha value is -0.330. The van der Waals surface area contributed by atoms with E-state index in [-0.39, 0.29) is 5.41 Å². The molecule has 0 radical (unpaired) electrons. The van der Waals surface area contributed by atoms with Crippen LogP contribution in [0.15, 0.2) is 0 Å². The maximum absolute atomic E-state index is 11.0. The van der Waals surface area contributed by atoms with Crippen LogP contribution in [-0.4, -0.2) is 6.29 Å². The molecule has 1 heteroatoms. The molecule has 1 nitrogen and oxygen atoms in total. The summed E-state index contributed by atoms with van der Waals surface area (Å²) in [6.45, 7) is 6.79. The number of carbonyl (C=O) groups excluding carboxylic acids is 1. The minimum atomic E-state index is -0.00174. The summed E-state index contributed by atoms with van der Waals surface area (Å²) in [5.74, 6) is 1.55. The summed E-state index contributed by atoms with van der Waals surface area (Å²) >= 11 is 0. The molecule has 0 spiro atoms. The highest BCUT2D eigenvalue weighted by atomic mass is 16.1. The number of rotatable bonds is 1. The van der Waals surface area contributed by atoms with Crippen molar-refractivity contribution >= 4 is 6.29 Å². The van der Waals surface area contributed by atoms with Gasteiger partial charge in [0.05, 0.1) is 0 Å². The minimum Gasteiger partial charge on any atom is -0.303 e. The smallest absolute Gasteiger partial charge is 0.126 e. The van der Waals surface area contributed by atoms with Crippen LogP contribution in [0.2, 0.25) is 0 Å². The predicted molar refractivity (Wildman–Crippen MR) is 48.8 cm³/mol. The molecular weight excluding hydrogens is 148 g/mol. The van der Waals surface area contributed by atoms with Crippen LogP contribution < -0.4 is 0 Å². The number of hydrogen-bond acceptors (Lipinski definition) is 1. The molecule has 3 atom stereocenters. The van der Waals surface area contributed by atoms with Crippen molar-refractivity contribution in [2.45, 2.75) is 40.0 Å². The number of fused-ring (bicyclic) bond motifs is 2. The maximum atomic E-state index is 11.0. The summed E-state index contributed by atoms with van der Waals surface area (Å²) in [7, 11) is 0. The van der Waals surface area contributed by atoms with Crippen LogP contribution >= 0.6 is 0 Å². The predicted octanol–water partition coefficient (Wildman–Crippen LogP) is 2.65. The molecule has 68 valence electrons. The molecule has 0 aromatic rings. The Morgan fingerprint density at radius 1 is 1.33 bits per heavy atom. The number of hydrogen-bond donors (Lipinski definition) is 0. The Balaban J connectivity index is 2.27. The maximum Gasteiger partial charge on any atom is 0.126 e. The van der Waals surface area contributed by atoms with Crippen LogP contribution in [0.3, 0.4) is 0 Å². The third-order valence-corrected chi connectivity index (χ3v) is 4.57. The van der Waals surface area contributed by atoms with Gasteiger partial charge in [-0.2, -0.15) is 0 Å². The van der Waals surface area contributed by atoms with Crippen molar-refractivity contribution in [3.05, 3.63) is 0 Å². The fourth-order valence-corrected chi connectivity index (χ4v) is 3.43. The van der Waals surface area contributed by atoms with E-state index in [0.29, 0.717) is 11.3 Å². The molecule has 3 aliphatic rings. The van der Waals surface area contributed by atoms with E-state index in [4.69, 9.17) is 0 Å². The topological polar surface area (TPSA) is 17.1 Å². The molecule has 0 heterocycles. The van der Waals surface area contributed by atoms with Crippen LogP contribution in [0.4, 0.5) is 0 Å². The first-order valence-corrected chi connectivity index (χ1v) is 4.97. The van der Waals surface area contributed by atoms with Crippen LogP contribution in [-0.2, 0) is 4.79 Å². The van der Waals surface area contributed by atoms with Crippen molar-refractivity contribution in [1.82, 2.24) is 0 Å². The lowest BCUT2D eigenvalue weighted by Crippen LogP contribution is -2.57. The quantitative estimate of drug-likeness (QED) is 0.547. The third kappa shape index (κ3) is 0.773. The van der Waals surface area contributed by atoms with Crippen LogP contribution in [0.1, 0.15) is 40.0 Å². The number of carbonyl (C=O) groups is 1. The Morgan fingerprint density at radius 2 is 2.00 bits per heavy atom. The summed E-state index contributed by atoms with van der Waals surface area (Å²) in [4.78, 5) is 11.0. The third-order valence-electron chi connectivity index (χ3n) is 4.57. The van der Waals surface area contributed by atoms with Gasteiger partial charge in [0.25, 0.3) is 0 Å². The lowest BCUT2D eigenvalue weighted by molar-refractivity contribution is -0.159. The summed E-state index contributed by atoms with van der Waals surface area (Å²) in [5, 5.41) is 0. The Bertz CT molecular complexity index is 217. The minimum absolute atomic E-state index is 0.00174. The fourth-order valence-electron chi connectivity index (χ4n) is 3.43. The van der Waals surface area contributed by atoms with Gasteiger partial charge in [-0.15, -0.1) is 0 Å². The fraction of sp³-hybridized carbons (Fsp3) is 0.909. The van der Waals surface area contributed by atoms with Gasteiger partial charge in [0.1, 0.15) is 6.29 Å². The molecule has 0 saturated heterocycles. The SMILES string of the molecule is CC1(C=O)CCC2CC1C2(C)C. The zero-order valence-corrected chi connectivity index (χ0v) is 8.26. The molecule has 0 aliphatic heterocycles. The zero-order valence-electron chi connectivity index (χ0n) is 8.26. The summed E-state index contributed by atoms with van der Waals surface area (Å²) < 4.78 is 0. The molecule has 3 fully saturated rings. The van der Waals surface area contributed by atoms with E-state index in [9.17, 15) is 4.79 Å². The summed E-state index contributed by atoms with van der Waals surface area (Å²) in [6.07, 6.45) is 4.88. The van der Waals surface area contributed by atoms with Crippen molar-refractivity contribution in [2.24, 2.45) is 22.7 Å². The van der Waals surface area contributed by atoms with Crippen LogP contribution in [0, 0.1) is 22.7 Å². The van der Waals surface area contributed by atoms with E-state index in [0.717, 1.165) is 12.3 Å². The average molecular weight is 166 g/mol. The lowest BCUT2D eigenvalue weighted by Gasteiger charge is -2.63. The van der Waals surface area contributed by atoms with E-state index < -0.39 is 0 Å². The lowest BCUT2D eigenvalue weighted by atomic mass is 9.41. The highest BCUT2D eigenvalue weighted by molar-refractivity contribution is 5.60.